The Balaban J connectivity index is 3.77. The van der Waals surface area contributed by atoms with E-state index >= 15 is 0 Å². The van der Waals surface area contributed by atoms with Crippen molar-refractivity contribution in [2.45, 2.75) is 13.0 Å². The standard InChI is InChI=1S/C7H10ClO4P/c1-5(2)7(9)11-4-6(3-8)12-13-10/h6H,1,3-4H2,2H3. The van der Waals surface area contributed by atoms with E-state index in [1.807, 2.05) is 0 Å². The van der Waals surface area contributed by atoms with Crippen molar-refractivity contribution in [3.8, 4) is 0 Å². The summed E-state index contributed by atoms with van der Waals surface area (Å²) < 4.78 is 19.3. The van der Waals surface area contributed by atoms with E-state index < -0.39 is 20.8 Å². The second kappa shape index (κ2) is 7.01. The molecule has 6 heteroatoms. The molecule has 13 heavy (non-hydrogen) atoms. The summed E-state index contributed by atoms with van der Waals surface area (Å²) in [4.78, 5) is 10.9. The summed E-state index contributed by atoms with van der Waals surface area (Å²) in [6.07, 6.45) is -0.552. The normalized spacial score (nSPS) is 12.5. The Kier molecular flexibility index (Phi) is 6.77. The number of esters is 1. The number of carbonyl (C=O) groups excluding carboxylic acids is 1. The molecule has 0 aromatic rings. The molecule has 0 fully saturated rings. The Morgan fingerprint density at radius 1 is 1.69 bits per heavy atom. The third-order valence-corrected chi connectivity index (χ3v) is 1.84. The number of carbonyl (C=O) groups is 1. The molecular weight excluding hydrogens is 214 g/mol. The second-order valence-electron chi connectivity index (χ2n) is 2.34. The molecular formula is C7H10ClO4P. The van der Waals surface area contributed by atoms with Gasteiger partial charge in [-0.3, -0.25) is 4.52 Å². The molecule has 0 aromatic carbocycles. The van der Waals surface area contributed by atoms with Crippen LogP contribution in [0.4, 0.5) is 0 Å². The lowest BCUT2D eigenvalue weighted by Gasteiger charge is -2.10. The number of hydrogen-bond acceptors (Lipinski definition) is 4. The summed E-state index contributed by atoms with van der Waals surface area (Å²) in [5, 5.41) is 0. The van der Waals surface area contributed by atoms with E-state index in [0.29, 0.717) is 5.57 Å². The van der Waals surface area contributed by atoms with Crippen LogP contribution >= 0.6 is 20.3 Å². The van der Waals surface area contributed by atoms with Crippen LogP contribution < -0.4 is 0 Å². The lowest BCUT2D eigenvalue weighted by atomic mass is 10.3. The minimum Gasteiger partial charge on any atom is -0.460 e. The first-order chi connectivity index (χ1) is 6.11. The lowest BCUT2D eigenvalue weighted by molar-refractivity contribution is -0.140. The summed E-state index contributed by atoms with van der Waals surface area (Å²) >= 11 is 5.43. The van der Waals surface area contributed by atoms with Crippen LogP contribution in [0.2, 0.25) is 0 Å². The first-order valence-corrected chi connectivity index (χ1v) is 4.75. The number of rotatable bonds is 6. The fourth-order valence-corrected chi connectivity index (χ4v) is 0.953. The molecule has 0 aromatic heterocycles. The maximum atomic E-state index is 10.9. The summed E-state index contributed by atoms with van der Waals surface area (Å²) in [6.45, 7) is 4.90. The van der Waals surface area contributed by atoms with Gasteiger partial charge in [0.05, 0.1) is 5.88 Å². The maximum Gasteiger partial charge on any atom is 0.333 e. The lowest BCUT2D eigenvalue weighted by Crippen LogP contribution is -2.21. The molecule has 0 spiro atoms. The SMILES string of the molecule is C=C(C)C(=O)OCC(CCl)OP=O. The molecule has 0 bridgehead atoms. The zero-order valence-corrected chi connectivity index (χ0v) is 8.81. The maximum absolute atomic E-state index is 10.9. The van der Waals surface area contributed by atoms with Gasteiger partial charge in [-0.15, -0.1) is 11.6 Å². The van der Waals surface area contributed by atoms with E-state index in [1.165, 1.54) is 6.92 Å². The third kappa shape index (κ3) is 5.75. The van der Waals surface area contributed by atoms with E-state index in [4.69, 9.17) is 16.3 Å². The Labute approximate surface area is 83.1 Å². The Morgan fingerprint density at radius 3 is 2.69 bits per heavy atom. The van der Waals surface area contributed by atoms with Gasteiger partial charge in [-0.2, -0.15) is 0 Å². The summed E-state index contributed by atoms with van der Waals surface area (Å²) in [7, 11) is -0.480. The molecule has 0 aliphatic rings. The van der Waals surface area contributed by atoms with Gasteiger partial charge in [0.15, 0.2) is 0 Å². The van der Waals surface area contributed by atoms with Crippen molar-refractivity contribution < 1.29 is 18.6 Å². The van der Waals surface area contributed by atoms with Gasteiger partial charge in [0.1, 0.15) is 12.7 Å². The Bertz CT molecular complexity index is 207. The van der Waals surface area contributed by atoms with Crippen LogP contribution in [-0.2, 0) is 18.6 Å². The molecule has 0 heterocycles. The van der Waals surface area contributed by atoms with E-state index in [-0.39, 0.29) is 12.5 Å². The van der Waals surface area contributed by atoms with Gasteiger partial charge in [-0.25, -0.2) is 9.36 Å². The van der Waals surface area contributed by atoms with Crippen LogP contribution in [0.25, 0.3) is 0 Å². The topological polar surface area (TPSA) is 52.6 Å². The molecule has 0 amide bonds. The summed E-state index contributed by atoms with van der Waals surface area (Å²) in [6, 6.07) is 0. The van der Waals surface area contributed by atoms with Crippen LogP contribution in [0, 0.1) is 0 Å². The van der Waals surface area contributed by atoms with Gasteiger partial charge in [-0.05, 0) is 6.92 Å². The fraction of sp³-hybridized carbons (Fsp3) is 0.571. The smallest absolute Gasteiger partial charge is 0.333 e. The van der Waals surface area contributed by atoms with Crippen molar-refractivity contribution in [2.75, 3.05) is 12.5 Å². The van der Waals surface area contributed by atoms with Crippen molar-refractivity contribution in [2.24, 2.45) is 0 Å². The monoisotopic (exact) mass is 224 g/mol. The van der Waals surface area contributed by atoms with Crippen molar-refractivity contribution in [3.05, 3.63) is 12.2 Å². The van der Waals surface area contributed by atoms with Crippen molar-refractivity contribution in [3.63, 3.8) is 0 Å². The average Bonchev–Trinajstić information content (AvgIpc) is 2.11. The van der Waals surface area contributed by atoms with Crippen LogP contribution in [0.15, 0.2) is 12.2 Å². The molecule has 74 valence electrons. The Morgan fingerprint density at radius 2 is 2.31 bits per heavy atom. The van der Waals surface area contributed by atoms with Crippen LogP contribution in [0.1, 0.15) is 6.92 Å². The van der Waals surface area contributed by atoms with Crippen molar-refractivity contribution in [1.29, 1.82) is 0 Å². The van der Waals surface area contributed by atoms with Gasteiger partial charge in [0.25, 0.3) is 0 Å². The predicted octanol–water partition coefficient (Wildman–Crippen LogP) is 1.94. The summed E-state index contributed by atoms with van der Waals surface area (Å²) in [5.74, 6) is -0.403. The van der Waals surface area contributed by atoms with Gasteiger partial charge >= 0.3 is 14.7 Å². The first-order valence-electron chi connectivity index (χ1n) is 3.49. The molecule has 0 saturated heterocycles. The summed E-state index contributed by atoms with van der Waals surface area (Å²) in [5.41, 5.74) is 0.299. The molecule has 0 aliphatic carbocycles. The molecule has 0 radical (unpaired) electrons. The zero-order valence-electron chi connectivity index (χ0n) is 7.16. The van der Waals surface area contributed by atoms with E-state index in [9.17, 15) is 9.36 Å². The van der Waals surface area contributed by atoms with Gasteiger partial charge in [0, 0.05) is 5.57 Å². The molecule has 0 aliphatic heterocycles. The minimum atomic E-state index is -0.552. The van der Waals surface area contributed by atoms with E-state index in [2.05, 4.69) is 11.1 Å². The average molecular weight is 225 g/mol. The number of alkyl halides is 1. The highest BCUT2D eigenvalue weighted by molar-refractivity contribution is 7.17. The third-order valence-electron chi connectivity index (χ3n) is 1.11. The van der Waals surface area contributed by atoms with E-state index in [0.717, 1.165) is 0 Å². The highest BCUT2D eigenvalue weighted by atomic mass is 35.5. The van der Waals surface area contributed by atoms with Crippen LogP contribution in [-0.4, -0.2) is 24.6 Å². The first kappa shape index (κ1) is 12.6. The number of hydrogen-bond donors (Lipinski definition) is 0. The van der Waals surface area contributed by atoms with Crippen molar-refractivity contribution >= 4 is 26.3 Å². The molecule has 1 unspecified atom stereocenters. The molecule has 0 rings (SSSR count). The largest absolute Gasteiger partial charge is 0.460 e. The van der Waals surface area contributed by atoms with E-state index in [1.54, 1.807) is 0 Å². The van der Waals surface area contributed by atoms with Gasteiger partial charge < -0.3 is 4.74 Å². The fourth-order valence-electron chi connectivity index (χ4n) is 0.456. The number of ether oxygens (including phenoxy) is 1. The molecule has 0 N–H and O–H groups in total. The second-order valence-corrected chi connectivity index (χ2v) is 3.00. The Hall–Kier alpha value is -0.440. The molecule has 4 nitrogen and oxygen atoms in total. The highest BCUT2D eigenvalue weighted by Gasteiger charge is 2.11. The quantitative estimate of drug-likeness (QED) is 0.299. The van der Waals surface area contributed by atoms with Gasteiger partial charge in [0.2, 0.25) is 0 Å². The highest BCUT2D eigenvalue weighted by Crippen LogP contribution is 2.06. The van der Waals surface area contributed by atoms with Crippen molar-refractivity contribution in [1.82, 2.24) is 0 Å². The molecule has 1 atom stereocenters. The predicted molar refractivity (Wildman–Crippen MR) is 49.0 cm³/mol. The minimum absolute atomic E-state index is 0.0234. The number of halogens is 1. The van der Waals surface area contributed by atoms with Crippen LogP contribution in [0.5, 0.6) is 0 Å². The zero-order chi connectivity index (χ0) is 10.3. The molecule has 0 saturated carbocycles. The van der Waals surface area contributed by atoms with Crippen LogP contribution in [0.3, 0.4) is 0 Å². The van der Waals surface area contributed by atoms with Gasteiger partial charge in [-0.1, -0.05) is 6.58 Å².